The van der Waals surface area contributed by atoms with Gasteiger partial charge in [0, 0.05) is 12.6 Å². The molecule has 9 heteroatoms. The molecule has 4 N–H and O–H groups in total. The van der Waals surface area contributed by atoms with Crippen LogP contribution in [-0.2, 0) is 6.18 Å². The standard InChI is InChI=1S/C17H18F3N5O/c1-3-26-12-6-4-5-10(17(18,19)20)13(12)11-8-7-9-14(21)25(2)16(22)24-15(9)23-11/h4-8,14H,3,21H2,1-2H3,(H2,22,23,24). The van der Waals surface area contributed by atoms with Crippen molar-refractivity contribution in [3.05, 3.63) is 41.5 Å². The first-order valence-corrected chi connectivity index (χ1v) is 7.91. The van der Waals surface area contributed by atoms with Crippen LogP contribution >= 0.6 is 0 Å². The number of aromatic nitrogens is 1. The van der Waals surface area contributed by atoms with Gasteiger partial charge in [-0.05, 0) is 31.2 Å². The third-order valence-electron chi connectivity index (χ3n) is 4.11. The first kappa shape index (κ1) is 18.0. The molecule has 0 radical (unpaired) electrons. The van der Waals surface area contributed by atoms with Crippen LogP contribution in [0.2, 0.25) is 0 Å². The second kappa shape index (κ2) is 6.49. The van der Waals surface area contributed by atoms with Gasteiger partial charge in [0.2, 0.25) is 0 Å². The number of pyridine rings is 1. The number of aliphatic imine (C=N–C) groups is 1. The van der Waals surface area contributed by atoms with Crippen LogP contribution in [0.25, 0.3) is 11.3 Å². The maximum Gasteiger partial charge on any atom is 0.417 e. The minimum absolute atomic E-state index is 0.0911. The molecule has 26 heavy (non-hydrogen) atoms. The summed E-state index contributed by atoms with van der Waals surface area (Å²) in [5, 5.41) is 0. The molecule has 1 atom stereocenters. The van der Waals surface area contributed by atoms with E-state index < -0.39 is 17.9 Å². The molecule has 1 aromatic carbocycles. The molecular weight excluding hydrogens is 347 g/mol. The van der Waals surface area contributed by atoms with Crippen molar-refractivity contribution in [1.29, 1.82) is 0 Å². The fourth-order valence-electron chi connectivity index (χ4n) is 2.76. The normalized spacial score (nSPS) is 16.9. The Balaban J connectivity index is 2.21. The lowest BCUT2D eigenvalue weighted by molar-refractivity contribution is -0.137. The van der Waals surface area contributed by atoms with Gasteiger partial charge in [0.1, 0.15) is 11.9 Å². The van der Waals surface area contributed by atoms with Crippen LogP contribution in [0.3, 0.4) is 0 Å². The van der Waals surface area contributed by atoms with Crippen LogP contribution in [-0.4, -0.2) is 29.5 Å². The van der Waals surface area contributed by atoms with E-state index in [0.29, 0.717) is 5.56 Å². The second-order valence-electron chi connectivity index (χ2n) is 5.74. The Morgan fingerprint density at radius 3 is 2.62 bits per heavy atom. The highest BCUT2D eigenvalue weighted by atomic mass is 19.4. The summed E-state index contributed by atoms with van der Waals surface area (Å²) in [5.74, 6) is 0.442. The van der Waals surface area contributed by atoms with Crippen LogP contribution < -0.4 is 16.2 Å². The van der Waals surface area contributed by atoms with Crippen LogP contribution in [0.15, 0.2) is 35.3 Å². The van der Waals surface area contributed by atoms with E-state index in [1.165, 1.54) is 18.2 Å². The third-order valence-corrected chi connectivity index (χ3v) is 4.11. The van der Waals surface area contributed by atoms with E-state index in [-0.39, 0.29) is 35.4 Å². The molecule has 0 spiro atoms. The fourth-order valence-corrected chi connectivity index (χ4v) is 2.76. The molecule has 6 nitrogen and oxygen atoms in total. The molecule has 2 heterocycles. The van der Waals surface area contributed by atoms with E-state index in [9.17, 15) is 13.2 Å². The Labute approximate surface area is 148 Å². The van der Waals surface area contributed by atoms with Gasteiger partial charge in [-0.2, -0.15) is 18.2 Å². The van der Waals surface area contributed by atoms with Gasteiger partial charge in [0.25, 0.3) is 0 Å². The first-order valence-electron chi connectivity index (χ1n) is 7.91. The molecule has 2 aromatic rings. The number of alkyl halides is 3. The van der Waals surface area contributed by atoms with E-state index >= 15 is 0 Å². The van der Waals surface area contributed by atoms with Crippen LogP contribution in [0.4, 0.5) is 19.0 Å². The Kier molecular flexibility index (Phi) is 4.49. The quantitative estimate of drug-likeness (QED) is 0.873. The molecule has 138 valence electrons. The van der Waals surface area contributed by atoms with E-state index in [0.717, 1.165) is 6.07 Å². The van der Waals surface area contributed by atoms with Crippen LogP contribution in [0.5, 0.6) is 5.75 Å². The molecule has 1 unspecified atom stereocenters. The Hall–Kier alpha value is -2.81. The van der Waals surface area contributed by atoms with Crippen molar-refractivity contribution in [2.75, 3.05) is 13.7 Å². The lowest BCUT2D eigenvalue weighted by atomic mass is 10.0. The summed E-state index contributed by atoms with van der Waals surface area (Å²) in [7, 11) is 1.67. The van der Waals surface area contributed by atoms with Crippen LogP contribution in [0.1, 0.15) is 24.2 Å². The minimum Gasteiger partial charge on any atom is -0.493 e. The molecule has 1 aromatic heterocycles. The van der Waals surface area contributed by atoms with Gasteiger partial charge < -0.3 is 21.1 Å². The molecule has 0 fully saturated rings. The molecule has 0 aliphatic carbocycles. The van der Waals surface area contributed by atoms with Gasteiger partial charge >= 0.3 is 6.18 Å². The van der Waals surface area contributed by atoms with E-state index in [1.807, 2.05) is 0 Å². The average Bonchev–Trinajstić information content (AvgIpc) is 2.59. The molecule has 0 bridgehead atoms. The summed E-state index contributed by atoms with van der Waals surface area (Å²) in [4.78, 5) is 9.97. The number of rotatable bonds is 3. The van der Waals surface area contributed by atoms with Gasteiger partial charge in [-0.3, -0.25) is 0 Å². The number of hydrogen-bond donors (Lipinski definition) is 2. The molecule has 1 aliphatic rings. The molecule has 0 saturated heterocycles. The van der Waals surface area contributed by atoms with Gasteiger partial charge in [0.05, 0.1) is 23.4 Å². The maximum atomic E-state index is 13.5. The van der Waals surface area contributed by atoms with E-state index in [1.54, 1.807) is 24.9 Å². The summed E-state index contributed by atoms with van der Waals surface area (Å²) in [6, 6.07) is 6.87. The zero-order chi connectivity index (χ0) is 19.1. The average molecular weight is 365 g/mol. The number of fused-ring (bicyclic) bond motifs is 1. The predicted molar refractivity (Wildman–Crippen MR) is 91.8 cm³/mol. The number of halogens is 3. The van der Waals surface area contributed by atoms with Crippen molar-refractivity contribution in [1.82, 2.24) is 9.88 Å². The molecule has 0 amide bonds. The SMILES string of the molecule is CCOc1cccc(C(F)(F)F)c1-c1ccc2c(n1)N=C(N)N(C)C2N. The topological polar surface area (TPSA) is 89.8 Å². The van der Waals surface area contributed by atoms with Crippen LogP contribution in [0, 0.1) is 0 Å². The largest absolute Gasteiger partial charge is 0.493 e. The summed E-state index contributed by atoms with van der Waals surface area (Å²) in [6.07, 6.45) is -5.13. The van der Waals surface area contributed by atoms with Crippen molar-refractivity contribution in [2.24, 2.45) is 16.5 Å². The lowest BCUT2D eigenvalue weighted by Crippen LogP contribution is -2.43. The highest BCUT2D eigenvalue weighted by Crippen LogP contribution is 2.42. The molecule has 1 aliphatic heterocycles. The lowest BCUT2D eigenvalue weighted by Gasteiger charge is -2.30. The van der Waals surface area contributed by atoms with Gasteiger partial charge in [0.15, 0.2) is 11.8 Å². The minimum atomic E-state index is -4.56. The molecule has 3 rings (SSSR count). The maximum absolute atomic E-state index is 13.5. The predicted octanol–water partition coefficient (Wildman–Crippen LogP) is 3.02. The van der Waals surface area contributed by atoms with E-state index in [2.05, 4.69) is 9.98 Å². The first-order chi connectivity index (χ1) is 12.2. The summed E-state index contributed by atoms with van der Waals surface area (Å²) >= 11 is 0. The Morgan fingerprint density at radius 1 is 1.23 bits per heavy atom. The number of nitrogens with zero attached hydrogens (tertiary/aromatic N) is 3. The van der Waals surface area contributed by atoms with Gasteiger partial charge in [-0.15, -0.1) is 0 Å². The highest BCUT2D eigenvalue weighted by molar-refractivity contribution is 5.84. The fraction of sp³-hybridized carbons (Fsp3) is 0.294. The third kappa shape index (κ3) is 3.05. The zero-order valence-electron chi connectivity index (χ0n) is 14.2. The van der Waals surface area contributed by atoms with E-state index in [4.69, 9.17) is 16.2 Å². The van der Waals surface area contributed by atoms with Gasteiger partial charge in [-0.1, -0.05) is 6.07 Å². The molecular formula is C17H18F3N5O. The smallest absolute Gasteiger partial charge is 0.417 e. The monoisotopic (exact) mass is 365 g/mol. The number of hydrogen-bond acceptors (Lipinski definition) is 6. The molecule has 0 saturated carbocycles. The Bertz CT molecular complexity index is 866. The summed E-state index contributed by atoms with van der Waals surface area (Å²) in [5.41, 5.74) is 11.6. The van der Waals surface area contributed by atoms with Crippen molar-refractivity contribution in [2.45, 2.75) is 19.3 Å². The summed E-state index contributed by atoms with van der Waals surface area (Å²) in [6.45, 7) is 1.92. The number of guanidine groups is 1. The second-order valence-corrected chi connectivity index (χ2v) is 5.74. The van der Waals surface area contributed by atoms with Crippen molar-refractivity contribution in [3.8, 4) is 17.0 Å². The van der Waals surface area contributed by atoms with Crippen molar-refractivity contribution >= 4 is 11.8 Å². The zero-order valence-corrected chi connectivity index (χ0v) is 14.2. The van der Waals surface area contributed by atoms with Crippen molar-refractivity contribution in [3.63, 3.8) is 0 Å². The summed E-state index contributed by atoms with van der Waals surface area (Å²) < 4.78 is 45.9. The van der Waals surface area contributed by atoms with Gasteiger partial charge in [-0.25, -0.2) is 4.98 Å². The number of nitrogens with two attached hydrogens (primary N) is 2. The highest BCUT2D eigenvalue weighted by Gasteiger charge is 2.36. The Morgan fingerprint density at radius 2 is 1.96 bits per heavy atom. The van der Waals surface area contributed by atoms with Crippen molar-refractivity contribution < 1.29 is 17.9 Å². The number of ether oxygens (including phenoxy) is 1. The number of benzene rings is 1.